The Kier molecular flexibility index (Phi) is 11.8. The fourth-order valence-corrected chi connectivity index (χ4v) is 9.63. The Morgan fingerprint density at radius 3 is 2.31 bits per heavy atom. The van der Waals surface area contributed by atoms with Crippen LogP contribution in [0.15, 0.2) is 18.2 Å². The first-order valence-electron chi connectivity index (χ1n) is 17.8. The van der Waals surface area contributed by atoms with Crippen LogP contribution in [0.3, 0.4) is 0 Å². The lowest BCUT2D eigenvalue weighted by atomic mass is 9.55. The van der Waals surface area contributed by atoms with Crippen molar-refractivity contribution in [2.45, 2.75) is 113 Å². The molecule has 0 radical (unpaired) electrons. The van der Waals surface area contributed by atoms with Gasteiger partial charge in [-0.1, -0.05) is 37.4 Å². The van der Waals surface area contributed by atoms with Crippen LogP contribution in [-0.2, 0) is 16.0 Å². The molecule has 3 saturated carbocycles. The molecule has 0 aromatic heterocycles. The van der Waals surface area contributed by atoms with Gasteiger partial charge in [0.1, 0.15) is 5.75 Å². The van der Waals surface area contributed by atoms with Gasteiger partial charge in [-0.15, -0.1) is 0 Å². The predicted octanol–water partition coefficient (Wildman–Crippen LogP) is 8.02. The second-order valence-corrected chi connectivity index (χ2v) is 15.7. The summed E-state index contributed by atoms with van der Waals surface area (Å²) in [4.78, 5) is 18.9. The van der Waals surface area contributed by atoms with Crippen LogP contribution in [0.4, 0.5) is 26.3 Å². The third kappa shape index (κ3) is 8.02. The highest BCUT2D eigenvalue weighted by Crippen LogP contribution is 2.62. The molecule has 1 aromatic rings. The lowest BCUT2D eigenvalue weighted by Gasteiger charge is -2.52. The van der Waals surface area contributed by atoms with E-state index in [4.69, 9.17) is 16.3 Å². The summed E-state index contributed by atoms with van der Waals surface area (Å²) in [6.07, 6.45) is 0.597. The van der Waals surface area contributed by atoms with E-state index < -0.39 is 24.0 Å². The van der Waals surface area contributed by atoms with E-state index >= 15 is 0 Å². The van der Waals surface area contributed by atoms with Gasteiger partial charge in [0.05, 0.1) is 19.8 Å². The van der Waals surface area contributed by atoms with Crippen molar-refractivity contribution >= 4 is 17.5 Å². The van der Waals surface area contributed by atoms with E-state index in [1.807, 2.05) is 0 Å². The summed E-state index contributed by atoms with van der Waals surface area (Å²) in [5.41, 5.74) is 2.74. The molecular weight excluding hydrogens is 672 g/mol. The fourth-order valence-electron chi connectivity index (χ4n) is 9.55. The summed E-state index contributed by atoms with van der Waals surface area (Å²) in [5, 5.41) is -4.80. The number of fused-ring (bicyclic) bond motifs is 5. The number of rotatable bonds is 13. The molecule has 13 heteroatoms. The quantitative estimate of drug-likeness (QED) is 0.117. The van der Waals surface area contributed by atoms with Crippen LogP contribution >= 0.6 is 11.6 Å². The third-order valence-corrected chi connectivity index (χ3v) is 12.8. The summed E-state index contributed by atoms with van der Waals surface area (Å²) in [6, 6.07) is 7.37. The third-order valence-electron chi connectivity index (χ3n) is 12.3. The number of halogens is 7. The van der Waals surface area contributed by atoms with E-state index in [0.717, 1.165) is 63.3 Å². The second kappa shape index (κ2) is 15.1. The van der Waals surface area contributed by atoms with Crippen LogP contribution in [0.1, 0.15) is 88.2 Å². The van der Waals surface area contributed by atoms with Crippen molar-refractivity contribution in [1.29, 1.82) is 0 Å². The van der Waals surface area contributed by atoms with Gasteiger partial charge in [0.25, 0.3) is 0 Å². The first-order chi connectivity index (χ1) is 23.0. The number of hydrogen-bond donors (Lipinski definition) is 0. The molecule has 49 heavy (non-hydrogen) atoms. The zero-order chi connectivity index (χ0) is 35.8. The van der Waals surface area contributed by atoms with Crippen LogP contribution in [0.2, 0.25) is 0 Å². The number of ether oxygens (including phenoxy) is 2. The maximum absolute atomic E-state index is 13.3. The Morgan fingerprint density at radius 2 is 1.63 bits per heavy atom. The topological polar surface area (TPSA) is 45.3 Å². The van der Waals surface area contributed by atoms with Crippen molar-refractivity contribution in [1.82, 2.24) is 14.7 Å². The monoisotopic (exact) mass is 723 g/mol. The fraction of sp³-hybridized carbons (Fsp3) is 0.806. The number of alkyl halides is 7. The van der Waals surface area contributed by atoms with Crippen LogP contribution in [0.5, 0.6) is 5.75 Å². The second-order valence-electron chi connectivity index (χ2n) is 15.2. The molecule has 5 atom stereocenters. The summed E-state index contributed by atoms with van der Waals surface area (Å²) >= 11 is 4.86. The molecule has 5 unspecified atom stereocenters. The minimum Gasteiger partial charge on any atom is -0.494 e. The number of amides is 1. The highest BCUT2D eigenvalue weighted by Gasteiger charge is 2.72. The minimum atomic E-state index is -5.85. The molecule has 1 amide bonds. The summed E-state index contributed by atoms with van der Waals surface area (Å²) in [5.74, 6) is 2.17. The molecule has 278 valence electrons. The molecule has 5 rings (SSSR count). The number of likely N-dealkylation sites (N-methyl/N-ethyl adjacent to an activating group) is 2. The smallest absolute Gasteiger partial charge is 0.441 e. The van der Waals surface area contributed by atoms with Gasteiger partial charge in [0.15, 0.2) is 0 Å². The lowest BCUT2D eigenvalue weighted by Crippen LogP contribution is -2.55. The molecule has 0 bridgehead atoms. The molecule has 6 nitrogen and oxygen atoms in total. The summed E-state index contributed by atoms with van der Waals surface area (Å²) < 4.78 is 88.5. The molecule has 3 fully saturated rings. The molecule has 1 aromatic carbocycles. The number of carbonyl (C=O) groups is 1. The van der Waals surface area contributed by atoms with Crippen LogP contribution in [0, 0.1) is 17.3 Å². The molecule has 4 aliphatic carbocycles. The highest BCUT2D eigenvalue weighted by molar-refractivity contribution is 6.24. The minimum absolute atomic E-state index is 0.00596. The van der Waals surface area contributed by atoms with Crippen LogP contribution < -0.4 is 4.74 Å². The van der Waals surface area contributed by atoms with Gasteiger partial charge >= 0.3 is 17.4 Å². The van der Waals surface area contributed by atoms with Gasteiger partial charge in [0.2, 0.25) is 5.91 Å². The largest absolute Gasteiger partial charge is 0.494 e. The predicted molar refractivity (Wildman–Crippen MR) is 177 cm³/mol. The van der Waals surface area contributed by atoms with Crippen molar-refractivity contribution in [2.24, 2.45) is 17.3 Å². The Morgan fingerprint density at radius 1 is 0.939 bits per heavy atom. The standard InChI is InChI=1S/C36H52ClF6N3O3/c1-33-17-16-28-27-13-11-26(48-20-7-18-45(3)25-8-5-6-9-25)22-24(27)10-12-29(28)30(33)14-15-31(33)46(4)32(47)23-44(2)19-21-49-34(37,35(38,39)40)36(41,42)43/h11,13,22,25,28-31H,5-10,12,14-21,23H2,1-4H3. The normalized spacial score (nSPS) is 27.7. The summed E-state index contributed by atoms with van der Waals surface area (Å²) in [7, 11) is 5.45. The van der Waals surface area contributed by atoms with Gasteiger partial charge in [-0.2, -0.15) is 26.3 Å². The van der Waals surface area contributed by atoms with E-state index in [-0.39, 0.29) is 30.5 Å². The van der Waals surface area contributed by atoms with Crippen molar-refractivity contribution in [3.63, 3.8) is 0 Å². The van der Waals surface area contributed by atoms with Crippen LogP contribution in [-0.4, -0.2) is 104 Å². The molecule has 0 spiro atoms. The van der Waals surface area contributed by atoms with Crippen molar-refractivity contribution in [3.8, 4) is 5.75 Å². The van der Waals surface area contributed by atoms with Gasteiger partial charge in [-0.25, -0.2) is 0 Å². The number of benzene rings is 1. The number of nitrogens with zero attached hydrogens (tertiary/aromatic N) is 3. The first kappa shape index (κ1) is 38.5. The molecule has 0 aliphatic heterocycles. The van der Waals surface area contributed by atoms with E-state index in [1.165, 1.54) is 48.8 Å². The summed E-state index contributed by atoms with van der Waals surface area (Å²) in [6.45, 7) is 2.61. The Balaban J connectivity index is 1.12. The average molecular weight is 724 g/mol. The number of carbonyl (C=O) groups excluding carboxylic acids is 1. The van der Waals surface area contributed by atoms with Gasteiger partial charge < -0.3 is 19.3 Å². The zero-order valence-corrected chi connectivity index (χ0v) is 29.9. The lowest BCUT2D eigenvalue weighted by molar-refractivity contribution is -0.344. The Labute approximate surface area is 291 Å². The van der Waals surface area contributed by atoms with Gasteiger partial charge in [-0.3, -0.25) is 9.69 Å². The van der Waals surface area contributed by atoms with Crippen molar-refractivity contribution in [2.75, 3.05) is 54.0 Å². The van der Waals surface area contributed by atoms with Gasteiger partial charge in [-0.05, 0) is 118 Å². The Hall–Kier alpha value is -1.76. The van der Waals surface area contributed by atoms with E-state index in [2.05, 4.69) is 41.8 Å². The highest BCUT2D eigenvalue weighted by atomic mass is 35.5. The van der Waals surface area contributed by atoms with E-state index in [9.17, 15) is 31.1 Å². The average Bonchev–Trinajstić information content (AvgIpc) is 3.69. The van der Waals surface area contributed by atoms with Gasteiger partial charge in [0, 0.05) is 32.2 Å². The van der Waals surface area contributed by atoms with Crippen molar-refractivity contribution in [3.05, 3.63) is 29.3 Å². The van der Waals surface area contributed by atoms with Crippen molar-refractivity contribution < 1.29 is 40.6 Å². The zero-order valence-electron chi connectivity index (χ0n) is 29.1. The first-order valence-corrected chi connectivity index (χ1v) is 18.2. The number of aryl methyl sites for hydroxylation is 1. The molecule has 4 aliphatic rings. The molecular formula is C36H52ClF6N3O3. The molecule has 0 saturated heterocycles. The molecule has 0 heterocycles. The maximum atomic E-state index is 13.3. The molecule has 0 N–H and O–H groups in total. The van der Waals surface area contributed by atoms with E-state index in [0.29, 0.717) is 24.4 Å². The van der Waals surface area contributed by atoms with E-state index in [1.54, 1.807) is 11.9 Å². The Bertz CT molecular complexity index is 1280. The maximum Gasteiger partial charge on any atom is 0.441 e. The number of hydrogen-bond acceptors (Lipinski definition) is 5. The van der Waals surface area contributed by atoms with Crippen LogP contribution in [0.25, 0.3) is 0 Å². The SMILES string of the molecule is CN(CCOC(Cl)(C(F)(F)F)C(F)(F)F)CC(=O)N(C)C1CCC2C3CCc4cc(OCCCN(C)C5CCCC5)ccc4C3CCC21C.